The van der Waals surface area contributed by atoms with Crippen molar-refractivity contribution in [3.8, 4) is 0 Å². The molecule has 0 aromatic carbocycles. The number of sulfone groups is 1. The lowest BCUT2D eigenvalue weighted by molar-refractivity contribution is 0.180. The van der Waals surface area contributed by atoms with E-state index in [2.05, 4.69) is 29.0 Å². The zero-order chi connectivity index (χ0) is 13.9. The quantitative estimate of drug-likeness (QED) is 0.779. The average Bonchev–Trinajstić information content (AvgIpc) is 2.63. The SMILES string of the molecule is CCN1CCS(=O)(=O)C(C2CNCCCN2CC)C1. The Hall–Kier alpha value is -0.170. The van der Waals surface area contributed by atoms with Crippen molar-refractivity contribution < 1.29 is 8.42 Å². The van der Waals surface area contributed by atoms with Gasteiger partial charge in [0, 0.05) is 25.7 Å². The van der Waals surface area contributed by atoms with Crippen LogP contribution in [0.2, 0.25) is 0 Å². The van der Waals surface area contributed by atoms with Gasteiger partial charge in [-0.25, -0.2) is 8.42 Å². The molecular formula is C13H27N3O2S. The second-order valence-electron chi connectivity index (χ2n) is 5.55. The van der Waals surface area contributed by atoms with Crippen molar-refractivity contribution in [1.82, 2.24) is 15.1 Å². The Morgan fingerprint density at radius 2 is 2.00 bits per heavy atom. The van der Waals surface area contributed by atoms with Crippen molar-refractivity contribution in [1.29, 1.82) is 0 Å². The molecule has 2 aliphatic heterocycles. The first kappa shape index (κ1) is 15.2. The van der Waals surface area contributed by atoms with Gasteiger partial charge in [0.05, 0.1) is 11.0 Å². The minimum Gasteiger partial charge on any atom is -0.315 e. The summed E-state index contributed by atoms with van der Waals surface area (Å²) in [6.45, 7) is 10.3. The van der Waals surface area contributed by atoms with Crippen LogP contribution in [-0.2, 0) is 9.84 Å². The first-order chi connectivity index (χ1) is 9.08. The summed E-state index contributed by atoms with van der Waals surface area (Å²) in [5.74, 6) is 0.319. The van der Waals surface area contributed by atoms with E-state index < -0.39 is 9.84 Å². The summed E-state index contributed by atoms with van der Waals surface area (Å²) in [5.41, 5.74) is 0. The molecule has 112 valence electrons. The summed E-state index contributed by atoms with van der Waals surface area (Å²) < 4.78 is 24.9. The highest BCUT2D eigenvalue weighted by molar-refractivity contribution is 7.92. The lowest BCUT2D eigenvalue weighted by Crippen LogP contribution is -2.58. The molecular weight excluding hydrogens is 262 g/mol. The molecule has 0 aromatic rings. The zero-order valence-corrected chi connectivity index (χ0v) is 13.0. The van der Waals surface area contributed by atoms with Crippen molar-refractivity contribution in [3.05, 3.63) is 0 Å². The maximum Gasteiger partial charge on any atom is 0.157 e. The number of rotatable bonds is 3. The highest BCUT2D eigenvalue weighted by Crippen LogP contribution is 2.20. The van der Waals surface area contributed by atoms with Crippen molar-refractivity contribution in [2.75, 3.05) is 51.6 Å². The maximum atomic E-state index is 12.4. The van der Waals surface area contributed by atoms with Crippen molar-refractivity contribution in [2.45, 2.75) is 31.6 Å². The lowest BCUT2D eigenvalue weighted by atomic mass is 10.1. The van der Waals surface area contributed by atoms with Crippen LogP contribution in [0.1, 0.15) is 20.3 Å². The molecule has 0 aliphatic carbocycles. The van der Waals surface area contributed by atoms with Gasteiger partial charge in [0.2, 0.25) is 0 Å². The first-order valence-electron chi connectivity index (χ1n) is 7.47. The third-order valence-corrected chi connectivity index (χ3v) is 6.63. The Kier molecular flexibility index (Phi) is 5.22. The Bertz CT molecular complexity index is 385. The Morgan fingerprint density at radius 1 is 1.21 bits per heavy atom. The van der Waals surface area contributed by atoms with Crippen molar-refractivity contribution in [3.63, 3.8) is 0 Å². The fraction of sp³-hybridized carbons (Fsp3) is 1.00. The molecule has 0 saturated carbocycles. The topological polar surface area (TPSA) is 52.7 Å². The predicted molar refractivity (Wildman–Crippen MR) is 78.2 cm³/mol. The van der Waals surface area contributed by atoms with E-state index in [1.54, 1.807) is 0 Å². The van der Waals surface area contributed by atoms with Gasteiger partial charge in [-0.15, -0.1) is 0 Å². The van der Waals surface area contributed by atoms with E-state index in [1.807, 2.05) is 0 Å². The number of nitrogens with zero attached hydrogens (tertiary/aromatic N) is 2. The fourth-order valence-electron chi connectivity index (χ4n) is 3.23. The summed E-state index contributed by atoms with van der Waals surface area (Å²) >= 11 is 0. The molecule has 0 bridgehead atoms. The predicted octanol–water partition coefficient (Wildman–Crippen LogP) is -0.211. The van der Waals surface area contributed by atoms with Gasteiger partial charge in [-0.2, -0.15) is 0 Å². The lowest BCUT2D eigenvalue weighted by Gasteiger charge is -2.40. The molecule has 0 spiro atoms. The smallest absolute Gasteiger partial charge is 0.157 e. The van der Waals surface area contributed by atoms with E-state index in [9.17, 15) is 8.42 Å². The van der Waals surface area contributed by atoms with Crippen molar-refractivity contribution >= 4 is 9.84 Å². The van der Waals surface area contributed by atoms with Gasteiger partial charge in [0.1, 0.15) is 0 Å². The second kappa shape index (κ2) is 6.52. The summed E-state index contributed by atoms with van der Waals surface area (Å²) in [7, 11) is -2.95. The molecule has 2 saturated heterocycles. The molecule has 0 amide bonds. The molecule has 2 unspecified atom stereocenters. The molecule has 2 heterocycles. The van der Waals surface area contributed by atoms with Crippen LogP contribution in [0, 0.1) is 0 Å². The van der Waals surface area contributed by atoms with E-state index >= 15 is 0 Å². The number of nitrogens with one attached hydrogen (secondary N) is 1. The molecule has 1 N–H and O–H groups in total. The van der Waals surface area contributed by atoms with Crippen LogP contribution in [0.25, 0.3) is 0 Å². The Balaban J connectivity index is 2.19. The number of hydrogen-bond donors (Lipinski definition) is 1. The Labute approximate surface area is 117 Å². The van der Waals surface area contributed by atoms with E-state index in [0.29, 0.717) is 18.8 Å². The standard InChI is InChI=1S/C13H27N3O2S/c1-3-15-8-9-19(17,18)13(11-15)12-10-14-6-5-7-16(12)4-2/h12-14H,3-11H2,1-2H3. The van der Waals surface area contributed by atoms with E-state index in [0.717, 1.165) is 39.1 Å². The molecule has 19 heavy (non-hydrogen) atoms. The molecule has 2 fully saturated rings. The van der Waals surface area contributed by atoms with Gasteiger partial charge in [0.15, 0.2) is 9.84 Å². The van der Waals surface area contributed by atoms with Gasteiger partial charge in [-0.05, 0) is 32.6 Å². The molecule has 0 aromatic heterocycles. The van der Waals surface area contributed by atoms with Crippen LogP contribution in [0.4, 0.5) is 0 Å². The minimum absolute atomic E-state index is 0.131. The molecule has 2 aliphatic rings. The normalized spacial score (nSPS) is 34.0. The van der Waals surface area contributed by atoms with Gasteiger partial charge in [-0.1, -0.05) is 13.8 Å². The largest absolute Gasteiger partial charge is 0.315 e. The molecule has 2 atom stereocenters. The van der Waals surface area contributed by atoms with Crippen LogP contribution in [0.15, 0.2) is 0 Å². The fourth-order valence-corrected chi connectivity index (χ4v) is 5.23. The van der Waals surface area contributed by atoms with Crippen molar-refractivity contribution in [2.24, 2.45) is 0 Å². The van der Waals surface area contributed by atoms with Crippen LogP contribution >= 0.6 is 0 Å². The summed E-state index contributed by atoms with van der Waals surface area (Å²) in [6.07, 6.45) is 1.11. The number of likely N-dealkylation sites (N-methyl/N-ethyl adjacent to an activating group) is 1. The Morgan fingerprint density at radius 3 is 2.68 bits per heavy atom. The van der Waals surface area contributed by atoms with E-state index in [-0.39, 0.29) is 11.3 Å². The molecule has 0 radical (unpaired) electrons. The van der Waals surface area contributed by atoms with Gasteiger partial charge < -0.3 is 10.2 Å². The molecule has 6 heteroatoms. The summed E-state index contributed by atoms with van der Waals surface area (Å²) in [4.78, 5) is 4.62. The van der Waals surface area contributed by atoms with Crippen LogP contribution in [0.5, 0.6) is 0 Å². The summed E-state index contributed by atoms with van der Waals surface area (Å²) in [5, 5.41) is 3.18. The number of hydrogen-bond acceptors (Lipinski definition) is 5. The van der Waals surface area contributed by atoms with Crippen LogP contribution in [-0.4, -0.2) is 81.1 Å². The van der Waals surface area contributed by atoms with Gasteiger partial charge in [-0.3, -0.25) is 4.90 Å². The molecule has 2 rings (SSSR count). The van der Waals surface area contributed by atoms with E-state index in [1.165, 1.54) is 0 Å². The van der Waals surface area contributed by atoms with Crippen LogP contribution in [0.3, 0.4) is 0 Å². The minimum atomic E-state index is -2.95. The molecule has 5 nitrogen and oxygen atoms in total. The van der Waals surface area contributed by atoms with Crippen LogP contribution < -0.4 is 5.32 Å². The second-order valence-corrected chi connectivity index (χ2v) is 7.89. The van der Waals surface area contributed by atoms with Gasteiger partial charge in [0.25, 0.3) is 0 Å². The third kappa shape index (κ3) is 3.48. The third-order valence-electron chi connectivity index (χ3n) is 4.50. The highest BCUT2D eigenvalue weighted by Gasteiger charge is 2.40. The average molecular weight is 289 g/mol. The summed E-state index contributed by atoms with van der Waals surface area (Å²) in [6, 6.07) is 0.131. The van der Waals surface area contributed by atoms with Gasteiger partial charge >= 0.3 is 0 Å². The first-order valence-corrected chi connectivity index (χ1v) is 9.18. The highest BCUT2D eigenvalue weighted by atomic mass is 32.2. The zero-order valence-electron chi connectivity index (χ0n) is 12.1. The monoisotopic (exact) mass is 289 g/mol. The van der Waals surface area contributed by atoms with E-state index in [4.69, 9.17) is 0 Å². The maximum absolute atomic E-state index is 12.4.